The van der Waals surface area contributed by atoms with Gasteiger partial charge in [-0.2, -0.15) is 0 Å². The average Bonchev–Trinajstić information content (AvgIpc) is 1.62. The minimum atomic E-state index is 1.10. The summed E-state index contributed by atoms with van der Waals surface area (Å²) in [6.07, 6.45) is 0. The minimum Gasteiger partial charge on any atom is -0.356 e. The van der Waals surface area contributed by atoms with Crippen LogP contribution in [0, 0.1) is 0 Å². The summed E-state index contributed by atoms with van der Waals surface area (Å²) in [4.78, 5) is 7.17. The van der Waals surface area contributed by atoms with Gasteiger partial charge in [-0.1, -0.05) is 243 Å². The van der Waals surface area contributed by atoms with Crippen LogP contribution in [-0.2, 0) is 0 Å². The zero-order chi connectivity index (χ0) is 70.0. The van der Waals surface area contributed by atoms with Gasteiger partial charge in [-0.25, -0.2) is 0 Å². The second-order valence-corrected chi connectivity index (χ2v) is 30.8. The SMILES string of the molecule is Brc1cccc2c1sc1c(N(c3ccccc3)c3ccccc3)cccc12.c1ccc(-c2ccc(N(c3ccc4sc5ccccc5c4c3)c3cccc4c3sc3c(N(c5ccccc5)c5ccccc5)cccc34)cc2)cc1.c1ccc(-c2ccc(Nc3ccc4sc5ccccc5c4c3)cc2)cc1. The van der Waals surface area contributed by atoms with Gasteiger partial charge in [-0.3, -0.25) is 0 Å². The number of rotatable bonds is 13. The molecule has 105 heavy (non-hydrogen) atoms. The van der Waals surface area contributed by atoms with Gasteiger partial charge >= 0.3 is 0 Å². The van der Waals surface area contributed by atoms with Crippen molar-refractivity contribution in [2.75, 3.05) is 20.0 Å². The Morgan fingerprint density at radius 3 is 0.962 bits per heavy atom. The molecule has 4 nitrogen and oxygen atoms in total. The number of benzene rings is 16. The molecule has 0 aliphatic heterocycles. The van der Waals surface area contributed by atoms with Crippen LogP contribution in [0.15, 0.2) is 393 Å². The van der Waals surface area contributed by atoms with Crippen LogP contribution in [0.3, 0.4) is 0 Å². The highest BCUT2D eigenvalue weighted by molar-refractivity contribution is 9.10. The van der Waals surface area contributed by atoms with Crippen LogP contribution in [0.2, 0.25) is 0 Å². The van der Waals surface area contributed by atoms with Crippen LogP contribution in [0.1, 0.15) is 0 Å². The van der Waals surface area contributed by atoms with Gasteiger partial charge in [0.15, 0.2) is 0 Å². The zero-order valence-corrected chi connectivity index (χ0v) is 61.7. The number of hydrogen-bond donors (Lipinski definition) is 1. The van der Waals surface area contributed by atoms with E-state index in [1.165, 1.54) is 120 Å². The molecule has 0 unspecified atom stereocenters. The second-order valence-electron chi connectivity index (χ2n) is 25.7. The van der Waals surface area contributed by atoms with E-state index in [9.17, 15) is 0 Å². The smallest absolute Gasteiger partial charge is 0.0640 e. The lowest BCUT2D eigenvalue weighted by molar-refractivity contribution is 1.30. The Hall–Kier alpha value is -11.9. The molecular formula is C96H65BrN4S4. The lowest BCUT2D eigenvalue weighted by Crippen LogP contribution is -2.10. The summed E-state index contributed by atoms with van der Waals surface area (Å²) < 4.78 is 11.5. The van der Waals surface area contributed by atoms with Gasteiger partial charge in [0.1, 0.15) is 0 Å². The van der Waals surface area contributed by atoms with Crippen LogP contribution in [-0.4, -0.2) is 0 Å². The molecule has 0 radical (unpaired) electrons. The van der Waals surface area contributed by atoms with E-state index < -0.39 is 0 Å². The number of nitrogens with one attached hydrogen (secondary N) is 1. The third kappa shape index (κ3) is 13.0. The summed E-state index contributed by atoms with van der Waals surface area (Å²) in [5.74, 6) is 0. The topological polar surface area (TPSA) is 21.8 Å². The average molecular weight is 1480 g/mol. The Morgan fingerprint density at radius 2 is 0.505 bits per heavy atom. The number of nitrogens with zero attached hydrogens (tertiary/aromatic N) is 3. The van der Waals surface area contributed by atoms with Crippen molar-refractivity contribution in [3.8, 4) is 22.3 Å². The molecule has 20 aromatic rings. The fourth-order valence-electron chi connectivity index (χ4n) is 14.3. The normalized spacial score (nSPS) is 11.3. The van der Waals surface area contributed by atoms with Crippen molar-refractivity contribution in [3.63, 3.8) is 0 Å². The van der Waals surface area contributed by atoms with Crippen molar-refractivity contribution in [3.05, 3.63) is 393 Å². The maximum atomic E-state index is 3.72. The lowest BCUT2D eigenvalue weighted by atomic mass is 10.0. The number of anilines is 11. The number of fused-ring (bicyclic) bond motifs is 12. The number of para-hydroxylation sites is 4. The van der Waals surface area contributed by atoms with Crippen LogP contribution < -0.4 is 20.0 Å². The van der Waals surface area contributed by atoms with Crippen molar-refractivity contribution in [1.82, 2.24) is 0 Å². The van der Waals surface area contributed by atoms with Gasteiger partial charge in [0.25, 0.3) is 0 Å². The molecule has 0 amide bonds. The van der Waals surface area contributed by atoms with Crippen LogP contribution >= 0.6 is 61.3 Å². The maximum absolute atomic E-state index is 3.72. The molecule has 0 fully saturated rings. The van der Waals surface area contributed by atoms with E-state index in [1.807, 2.05) is 51.4 Å². The standard InChI is InChI=1S/C48H32N2S2.C24H16BrNS.C24H17NS/c1-4-14-33(15-5-1)34-26-28-37(29-27-34)50(38-30-31-46-42(32-38)39-20-10-11-25-45(39)51-46)44-24-13-22-41-40-21-12-23-43(47(40)52-48(41)44)49(35-16-6-2-7-17-35)36-18-8-3-9-19-36;25-21-15-7-13-19-20-14-8-16-22(24(20)27-23(19)21)26(17-9-3-1-4-10-17)18-11-5-2-6-12-18;1-2-6-17(7-3-1)18-10-12-19(13-11-18)25-20-14-15-24-22(16-20)21-8-4-5-9-23(21)26-24/h1-32H;1-16H;1-16,25H. The predicted molar refractivity (Wildman–Crippen MR) is 463 cm³/mol. The van der Waals surface area contributed by atoms with E-state index in [0.717, 1.165) is 50.0 Å². The summed E-state index contributed by atoms with van der Waals surface area (Å²) in [7, 11) is 0. The molecule has 0 bridgehead atoms. The summed E-state index contributed by atoms with van der Waals surface area (Å²) >= 11 is 11.2. The molecule has 0 spiro atoms. The molecule has 0 atom stereocenters. The fraction of sp³-hybridized carbons (Fsp3) is 0. The van der Waals surface area contributed by atoms with Gasteiger partial charge in [0.2, 0.25) is 0 Å². The molecule has 500 valence electrons. The van der Waals surface area contributed by atoms with Crippen molar-refractivity contribution >= 4 is 205 Å². The molecule has 0 aliphatic carbocycles. The minimum absolute atomic E-state index is 1.10. The molecule has 0 aliphatic rings. The highest BCUT2D eigenvalue weighted by atomic mass is 79.9. The predicted octanol–water partition coefficient (Wildman–Crippen LogP) is 30.8. The van der Waals surface area contributed by atoms with E-state index in [2.05, 4.69) is 418 Å². The first kappa shape index (κ1) is 65.1. The molecule has 16 aromatic carbocycles. The van der Waals surface area contributed by atoms with Gasteiger partial charge in [-0.15, -0.1) is 45.3 Å². The number of thiophene rings is 4. The van der Waals surface area contributed by atoms with Crippen LogP contribution in [0.5, 0.6) is 0 Å². The largest absolute Gasteiger partial charge is 0.356 e. The Kier molecular flexibility index (Phi) is 18.0. The van der Waals surface area contributed by atoms with E-state index in [0.29, 0.717) is 0 Å². The van der Waals surface area contributed by atoms with E-state index in [4.69, 9.17) is 0 Å². The fourth-order valence-corrected chi connectivity index (χ4v) is 19.6. The van der Waals surface area contributed by atoms with Gasteiger partial charge in [-0.05, 0) is 184 Å². The maximum Gasteiger partial charge on any atom is 0.0640 e. The Labute approximate surface area is 634 Å². The summed E-state index contributed by atoms with van der Waals surface area (Å²) in [5, 5.41) is 13.9. The third-order valence-corrected chi connectivity index (χ3v) is 25.0. The lowest BCUT2D eigenvalue weighted by Gasteiger charge is -2.26. The summed E-state index contributed by atoms with van der Waals surface area (Å²) in [6, 6.07) is 139. The first-order valence-corrected chi connectivity index (χ1v) is 39.1. The van der Waals surface area contributed by atoms with E-state index in [-0.39, 0.29) is 0 Å². The van der Waals surface area contributed by atoms with Crippen molar-refractivity contribution in [2.45, 2.75) is 0 Å². The molecule has 0 saturated heterocycles. The third-order valence-electron chi connectivity index (χ3n) is 19.2. The number of halogens is 1. The zero-order valence-electron chi connectivity index (χ0n) is 56.8. The molecule has 4 aromatic heterocycles. The molecular weight excluding hydrogens is 1420 g/mol. The molecule has 4 heterocycles. The Morgan fingerprint density at radius 1 is 0.200 bits per heavy atom. The summed E-state index contributed by atoms with van der Waals surface area (Å²) in [5.41, 5.74) is 17.5. The highest BCUT2D eigenvalue weighted by Gasteiger charge is 2.24. The van der Waals surface area contributed by atoms with Crippen LogP contribution in [0.4, 0.5) is 62.6 Å². The first-order valence-electron chi connectivity index (χ1n) is 35.0. The van der Waals surface area contributed by atoms with Gasteiger partial charge in [0, 0.05) is 117 Å². The molecule has 0 saturated carbocycles. The molecule has 1 N–H and O–H groups in total. The Balaban J connectivity index is 0.000000124. The molecule has 9 heteroatoms. The van der Waals surface area contributed by atoms with Gasteiger partial charge in [0.05, 0.1) is 31.2 Å². The van der Waals surface area contributed by atoms with Crippen molar-refractivity contribution < 1.29 is 0 Å². The number of hydrogen-bond acceptors (Lipinski definition) is 8. The van der Waals surface area contributed by atoms with Crippen molar-refractivity contribution in [2.24, 2.45) is 0 Å². The first-order chi connectivity index (χ1) is 52.0. The second kappa shape index (κ2) is 29.1. The van der Waals surface area contributed by atoms with E-state index in [1.54, 1.807) is 0 Å². The van der Waals surface area contributed by atoms with E-state index >= 15 is 0 Å². The van der Waals surface area contributed by atoms with Crippen molar-refractivity contribution in [1.29, 1.82) is 0 Å². The quantitative estimate of drug-likeness (QED) is 0.124. The van der Waals surface area contributed by atoms with Crippen LogP contribution in [0.25, 0.3) is 103 Å². The Bertz CT molecular complexity index is 6360. The monoisotopic (exact) mass is 1480 g/mol. The molecule has 20 rings (SSSR count). The highest BCUT2D eigenvalue weighted by Crippen LogP contribution is 2.51. The van der Waals surface area contributed by atoms with Gasteiger partial charge < -0.3 is 20.0 Å². The summed E-state index contributed by atoms with van der Waals surface area (Å²) in [6.45, 7) is 0.